The van der Waals surface area contributed by atoms with Crippen LogP contribution in [0.4, 0.5) is 0 Å². The zero-order valence-electron chi connectivity index (χ0n) is 11.5. The van der Waals surface area contributed by atoms with Gasteiger partial charge in [-0.15, -0.1) is 11.8 Å². The summed E-state index contributed by atoms with van der Waals surface area (Å²) >= 11 is 1.95. The average molecular weight is 264 g/mol. The summed E-state index contributed by atoms with van der Waals surface area (Å²) in [6, 6.07) is 9.54. The normalized spacial score (nSPS) is 19.6. The number of hydrogen-bond donors (Lipinski definition) is 1. The van der Waals surface area contributed by atoms with Gasteiger partial charge in [-0.2, -0.15) is 0 Å². The number of thioether (sulfide) groups is 1. The van der Waals surface area contributed by atoms with Crippen molar-refractivity contribution in [3.8, 4) is 0 Å². The summed E-state index contributed by atoms with van der Waals surface area (Å²) in [5.41, 5.74) is 1.34. The van der Waals surface area contributed by atoms with Crippen LogP contribution in [0.25, 0.3) is 0 Å². The number of nitrogens with zero attached hydrogens (tertiary/aromatic N) is 1. The fourth-order valence-corrected chi connectivity index (χ4v) is 3.30. The van der Waals surface area contributed by atoms with E-state index in [1.165, 1.54) is 42.1 Å². The monoisotopic (exact) mass is 264 g/mol. The highest BCUT2D eigenvalue weighted by Gasteiger charge is 2.15. The van der Waals surface area contributed by atoms with Gasteiger partial charge >= 0.3 is 0 Å². The van der Waals surface area contributed by atoms with Crippen molar-refractivity contribution in [1.82, 2.24) is 10.2 Å². The topological polar surface area (TPSA) is 15.3 Å². The first kappa shape index (κ1) is 13.9. The minimum atomic E-state index is 0.722. The lowest BCUT2D eigenvalue weighted by Crippen LogP contribution is -2.36. The molecule has 1 fully saturated rings. The van der Waals surface area contributed by atoms with E-state index in [0.717, 1.165) is 12.6 Å². The third kappa shape index (κ3) is 4.63. The smallest absolute Gasteiger partial charge is 0.0195 e. The SMILES string of the molecule is Cc1ccc(SCCN(C)CC2CCCN2)cc1. The number of nitrogens with one attached hydrogen (secondary N) is 1. The number of hydrogen-bond acceptors (Lipinski definition) is 3. The molecular weight excluding hydrogens is 240 g/mol. The molecule has 1 atom stereocenters. The van der Waals surface area contributed by atoms with E-state index in [0.29, 0.717) is 0 Å². The van der Waals surface area contributed by atoms with Crippen LogP contribution in [0.2, 0.25) is 0 Å². The molecule has 1 aromatic rings. The Bertz CT molecular complexity index is 344. The van der Waals surface area contributed by atoms with Crippen LogP contribution in [0.15, 0.2) is 29.2 Å². The van der Waals surface area contributed by atoms with Crippen LogP contribution in [0, 0.1) is 6.92 Å². The molecule has 18 heavy (non-hydrogen) atoms. The lowest BCUT2D eigenvalue weighted by atomic mass is 10.2. The van der Waals surface area contributed by atoms with E-state index < -0.39 is 0 Å². The molecule has 0 radical (unpaired) electrons. The Kier molecular flexibility index (Phi) is 5.54. The van der Waals surface area contributed by atoms with Crippen LogP contribution in [0.3, 0.4) is 0 Å². The maximum atomic E-state index is 3.55. The standard InChI is InChI=1S/C15H24N2S/c1-13-5-7-15(8-6-13)18-11-10-17(2)12-14-4-3-9-16-14/h5-8,14,16H,3-4,9-12H2,1-2H3. The predicted molar refractivity (Wildman–Crippen MR) is 80.4 cm³/mol. The number of benzene rings is 1. The molecule has 1 aliphatic rings. The van der Waals surface area contributed by atoms with Gasteiger partial charge in [-0.3, -0.25) is 0 Å². The number of aryl methyl sites for hydroxylation is 1. The fourth-order valence-electron chi connectivity index (χ4n) is 2.33. The zero-order chi connectivity index (χ0) is 12.8. The Hall–Kier alpha value is -0.510. The second-order valence-electron chi connectivity index (χ2n) is 5.22. The van der Waals surface area contributed by atoms with Crippen molar-refractivity contribution in [2.24, 2.45) is 0 Å². The van der Waals surface area contributed by atoms with E-state index in [9.17, 15) is 0 Å². The third-order valence-electron chi connectivity index (χ3n) is 3.46. The van der Waals surface area contributed by atoms with Crippen molar-refractivity contribution < 1.29 is 0 Å². The van der Waals surface area contributed by atoms with Gasteiger partial charge in [0.05, 0.1) is 0 Å². The maximum Gasteiger partial charge on any atom is 0.0195 e. The van der Waals surface area contributed by atoms with E-state index in [-0.39, 0.29) is 0 Å². The molecule has 0 saturated carbocycles. The summed E-state index contributed by atoms with van der Waals surface area (Å²) in [5.74, 6) is 1.17. The fraction of sp³-hybridized carbons (Fsp3) is 0.600. The summed E-state index contributed by atoms with van der Waals surface area (Å²) in [5, 5.41) is 3.55. The lowest BCUT2D eigenvalue weighted by Gasteiger charge is -2.20. The van der Waals surface area contributed by atoms with Crippen LogP contribution < -0.4 is 5.32 Å². The van der Waals surface area contributed by atoms with Crippen LogP contribution in [-0.2, 0) is 0 Å². The van der Waals surface area contributed by atoms with Crippen molar-refractivity contribution in [3.63, 3.8) is 0 Å². The van der Waals surface area contributed by atoms with Crippen molar-refractivity contribution in [2.75, 3.05) is 32.4 Å². The van der Waals surface area contributed by atoms with Gasteiger partial charge in [0, 0.05) is 29.8 Å². The second kappa shape index (κ2) is 7.17. The second-order valence-corrected chi connectivity index (χ2v) is 6.39. The van der Waals surface area contributed by atoms with E-state index in [4.69, 9.17) is 0 Å². The Morgan fingerprint density at radius 2 is 2.11 bits per heavy atom. The molecule has 1 N–H and O–H groups in total. The average Bonchev–Trinajstić information content (AvgIpc) is 2.84. The van der Waals surface area contributed by atoms with Crippen molar-refractivity contribution in [1.29, 1.82) is 0 Å². The minimum Gasteiger partial charge on any atom is -0.313 e. The summed E-state index contributed by atoms with van der Waals surface area (Å²) in [4.78, 5) is 3.83. The molecule has 1 saturated heterocycles. The van der Waals surface area contributed by atoms with Crippen molar-refractivity contribution in [2.45, 2.75) is 30.7 Å². The molecular formula is C15H24N2S. The van der Waals surface area contributed by atoms with Gasteiger partial charge in [-0.1, -0.05) is 17.7 Å². The van der Waals surface area contributed by atoms with Gasteiger partial charge in [0.2, 0.25) is 0 Å². The summed E-state index contributed by atoms with van der Waals surface area (Å²) in [7, 11) is 2.23. The Morgan fingerprint density at radius 1 is 1.33 bits per heavy atom. The molecule has 1 unspecified atom stereocenters. The van der Waals surface area contributed by atoms with Crippen LogP contribution in [-0.4, -0.2) is 43.4 Å². The summed E-state index contributed by atoms with van der Waals surface area (Å²) < 4.78 is 0. The molecule has 2 nitrogen and oxygen atoms in total. The molecule has 0 bridgehead atoms. The molecule has 100 valence electrons. The minimum absolute atomic E-state index is 0.722. The van der Waals surface area contributed by atoms with Gasteiger partial charge in [0.15, 0.2) is 0 Å². The van der Waals surface area contributed by atoms with Gasteiger partial charge < -0.3 is 10.2 Å². The van der Waals surface area contributed by atoms with Gasteiger partial charge in [-0.25, -0.2) is 0 Å². The molecule has 0 spiro atoms. The molecule has 2 rings (SSSR count). The Labute approximate surface area is 115 Å². The van der Waals surface area contributed by atoms with Crippen LogP contribution in [0.1, 0.15) is 18.4 Å². The largest absolute Gasteiger partial charge is 0.313 e. The first-order valence-corrected chi connectivity index (χ1v) is 7.84. The van der Waals surface area contributed by atoms with Gasteiger partial charge in [-0.05, 0) is 45.5 Å². The van der Waals surface area contributed by atoms with Gasteiger partial charge in [0.25, 0.3) is 0 Å². The van der Waals surface area contributed by atoms with Gasteiger partial charge in [0.1, 0.15) is 0 Å². The molecule has 0 aliphatic carbocycles. The van der Waals surface area contributed by atoms with Crippen LogP contribution >= 0.6 is 11.8 Å². The summed E-state index contributed by atoms with van der Waals surface area (Å²) in [6.07, 6.45) is 2.69. The third-order valence-corrected chi connectivity index (χ3v) is 4.45. The first-order valence-electron chi connectivity index (χ1n) is 6.85. The molecule has 3 heteroatoms. The lowest BCUT2D eigenvalue weighted by molar-refractivity contribution is 0.317. The van der Waals surface area contributed by atoms with Crippen molar-refractivity contribution >= 4 is 11.8 Å². The molecule has 1 heterocycles. The van der Waals surface area contributed by atoms with Crippen molar-refractivity contribution in [3.05, 3.63) is 29.8 Å². The number of likely N-dealkylation sites (N-methyl/N-ethyl adjacent to an activating group) is 1. The summed E-state index contributed by atoms with van der Waals surface area (Å²) in [6.45, 7) is 5.69. The van der Waals surface area contributed by atoms with Crippen LogP contribution in [0.5, 0.6) is 0 Å². The molecule has 1 aromatic carbocycles. The van der Waals surface area contributed by atoms with E-state index in [1.807, 2.05) is 11.8 Å². The Morgan fingerprint density at radius 3 is 2.78 bits per heavy atom. The molecule has 0 aromatic heterocycles. The highest BCUT2D eigenvalue weighted by Crippen LogP contribution is 2.18. The highest BCUT2D eigenvalue weighted by atomic mass is 32.2. The predicted octanol–water partition coefficient (Wildman–Crippen LogP) is 2.77. The maximum absolute atomic E-state index is 3.55. The van der Waals surface area contributed by atoms with E-state index >= 15 is 0 Å². The zero-order valence-corrected chi connectivity index (χ0v) is 12.3. The quantitative estimate of drug-likeness (QED) is 0.795. The van der Waals surface area contributed by atoms with E-state index in [1.54, 1.807) is 0 Å². The first-order chi connectivity index (χ1) is 8.74. The Balaban J connectivity index is 1.63. The number of rotatable bonds is 6. The molecule has 0 amide bonds. The highest BCUT2D eigenvalue weighted by molar-refractivity contribution is 7.99. The van der Waals surface area contributed by atoms with E-state index in [2.05, 4.69) is 48.5 Å². The molecule has 1 aliphatic heterocycles.